The van der Waals surface area contributed by atoms with Gasteiger partial charge in [0.1, 0.15) is 6.04 Å². The number of thiophene rings is 1. The first-order valence-corrected chi connectivity index (χ1v) is 9.66. The van der Waals surface area contributed by atoms with Crippen LogP contribution in [-0.2, 0) is 9.53 Å². The topological polar surface area (TPSA) is 69.0 Å². The largest absolute Gasteiger partial charge is 0.459 e. The minimum absolute atomic E-state index is 0.201. The van der Waals surface area contributed by atoms with E-state index in [1.54, 1.807) is 16.0 Å². The Morgan fingerprint density at radius 3 is 2.67 bits per heavy atom. The molecule has 3 heterocycles. The molecule has 0 amide bonds. The Morgan fingerprint density at radius 2 is 2.00 bits per heavy atom. The van der Waals surface area contributed by atoms with Crippen LogP contribution >= 0.6 is 11.3 Å². The Morgan fingerprint density at radius 1 is 1.22 bits per heavy atom. The van der Waals surface area contributed by atoms with Crippen molar-refractivity contribution in [3.05, 3.63) is 64.7 Å². The number of ether oxygens (including phenoxy) is 1. The van der Waals surface area contributed by atoms with Gasteiger partial charge in [-0.1, -0.05) is 36.4 Å². The predicted molar refractivity (Wildman–Crippen MR) is 105 cm³/mol. The molecule has 1 aliphatic heterocycles. The highest BCUT2D eigenvalue weighted by Gasteiger charge is 2.35. The number of anilines is 1. The third-order valence-electron chi connectivity index (χ3n) is 4.27. The van der Waals surface area contributed by atoms with Gasteiger partial charge in [0.15, 0.2) is 5.82 Å². The van der Waals surface area contributed by atoms with E-state index in [2.05, 4.69) is 10.3 Å². The zero-order valence-corrected chi connectivity index (χ0v) is 16.2. The maximum absolute atomic E-state index is 12.9. The lowest BCUT2D eigenvalue weighted by Crippen LogP contribution is -2.30. The molecule has 1 aliphatic rings. The van der Waals surface area contributed by atoms with Crippen molar-refractivity contribution in [1.29, 1.82) is 0 Å². The molecular weight excluding hydrogens is 360 g/mol. The van der Waals surface area contributed by atoms with E-state index in [4.69, 9.17) is 9.84 Å². The molecule has 0 spiro atoms. The second-order valence-electron chi connectivity index (χ2n) is 6.61. The van der Waals surface area contributed by atoms with Gasteiger partial charge in [-0.25, -0.2) is 9.48 Å². The fraction of sp³-hybridized carbons (Fsp3) is 0.250. The fourth-order valence-corrected chi connectivity index (χ4v) is 3.80. The quantitative estimate of drug-likeness (QED) is 0.686. The maximum atomic E-state index is 12.9. The van der Waals surface area contributed by atoms with Crippen LogP contribution in [0.25, 0.3) is 10.7 Å². The first kappa shape index (κ1) is 17.5. The minimum atomic E-state index is -0.394. The number of nitrogens with one attached hydrogen (secondary N) is 1. The highest BCUT2D eigenvalue weighted by atomic mass is 32.1. The average Bonchev–Trinajstić information content (AvgIpc) is 3.29. The van der Waals surface area contributed by atoms with E-state index < -0.39 is 6.04 Å². The molecule has 1 atom stereocenters. The summed E-state index contributed by atoms with van der Waals surface area (Å²) in [6, 6.07) is 13.4. The molecule has 3 aromatic rings. The van der Waals surface area contributed by atoms with Crippen LogP contribution in [0.15, 0.2) is 59.1 Å². The van der Waals surface area contributed by atoms with E-state index in [0.717, 1.165) is 16.1 Å². The van der Waals surface area contributed by atoms with Crippen LogP contribution < -0.4 is 5.32 Å². The summed E-state index contributed by atoms with van der Waals surface area (Å²) in [4.78, 5) is 18.5. The first-order valence-electron chi connectivity index (χ1n) is 8.78. The van der Waals surface area contributed by atoms with E-state index in [-0.39, 0.29) is 12.1 Å². The normalized spacial score (nSPS) is 16.2. The lowest BCUT2D eigenvalue weighted by atomic mass is 9.96. The first-order chi connectivity index (χ1) is 13.0. The zero-order chi connectivity index (χ0) is 19.0. The number of carbonyl (C=O) groups excluding carboxylic acids is 1. The van der Waals surface area contributed by atoms with Gasteiger partial charge in [-0.3, -0.25) is 0 Å². The van der Waals surface area contributed by atoms with Crippen LogP contribution in [0.3, 0.4) is 0 Å². The SMILES string of the molecule is CC1=C(C(=O)OC(C)C)C(c2ccccc2)n2nc(-c3cccs3)nc2N1. The van der Waals surface area contributed by atoms with Crippen LogP contribution in [-0.4, -0.2) is 26.8 Å². The minimum Gasteiger partial charge on any atom is -0.459 e. The third-order valence-corrected chi connectivity index (χ3v) is 5.14. The van der Waals surface area contributed by atoms with Crippen molar-refractivity contribution >= 4 is 23.3 Å². The van der Waals surface area contributed by atoms with E-state index >= 15 is 0 Å². The van der Waals surface area contributed by atoms with Crippen LogP contribution in [0.5, 0.6) is 0 Å². The summed E-state index contributed by atoms with van der Waals surface area (Å²) in [6.07, 6.45) is -0.201. The molecule has 0 radical (unpaired) electrons. The van der Waals surface area contributed by atoms with Crippen molar-refractivity contribution in [3.63, 3.8) is 0 Å². The van der Waals surface area contributed by atoms with Gasteiger partial charge in [0.05, 0.1) is 16.6 Å². The molecule has 4 rings (SSSR count). The molecule has 0 saturated heterocycles. The zero-order valence-electron chi connectivity index (χ0n) is 15.3. The van der Waals surface area contributed by atoms with Gasteiger partial charge in [-0.2, -0.15) is 4.98 Å². The summed E-state index contributed by atoms with van der Waals surface area (Å²) in [5, 5.41) is 9.92. The molecule has 1 aromatic carbocycles. The Labute approximate surface area is 161 Å². The van der Waals surface area contributed by atoms with Gasteiger partial charge >= 0.3 is 5.97 Å². The van der Waals surface area contributed by atoms with Crippen LogP contribution in [0.4, 0.5) is 5.95 Å². The summed E-state index contributed by atoms with van der Waals surface area (Å²) in [7, 11) is 0. The molecule has 6 nitrogen and oxygen atoms in total. The number of fused-ring (bicyclic) bond motifs is 1. The Hall–Kier alpha value is -2.93. The van der Waals surface area contributed by atoms with Crippen molar-refractivity contribution in [2.24, 2.45) is 0 Å². The molecule has 0 saturated carbocycles. The van der Waals surface area contributed by atoms with Crippen molar-refractivity contribution in [2.45, 2.75) is 32.9 Å². The van der Waals surface area contributed by atoms with Gasteiger partial charge in [0.2, 0.25) is 5.95 Å². The maximum Gasteiger partial charge on any atom is 0.338 e. The summed E-state index contributed by atoms with van der Waals surface area (Å²) in [5.41, 5.74) is 2.23. The van der Waals surface area contributed by atoms with Gasteiger partial charge in [-0.15, -0.1) is 16.4 Å². The average molecular weight is 380 g/mol. The number of benzene rings is 1. The van der Waals surface area contributed by atoms with E-state index in [9.17, 15) is 4.79 Å². The molecule has 27 heavy (non-hydrogen) atoms. The molecule has 138 valence electrons. The molecule has 7 heteroatoms. The molecule has 1 N–H and O–H groups in total. The Bertz CT molecular complexity index is 990. The number of nitrogens with zero attached hydrogens (tertiary/aromatic N) is 3. The number of carbonyl (C=O) groups is 1. The lowest BCUT2D eigenvalue weighted by Gasteiger charge is -2.28. The van der Waals surface area contributed by atoms with E-state index in [1.807, 2.05) is 68.6 Å². The molecule has 0 aliphatic carbocycles. The second kappa shape index (κ2) is 7.00. The number of allylic oxidation sites excluding steroid dienone is 1. The van der Waals surface area contributed by atoms with Gasteiger partial charge in [0.25, 0.3) is 0 Å². The summed E-state index contributed by atoms with van der Waals surface area (Å²) < 4.78 is 7.28. The van der Waals surface area contributed by atoms with Gasteiger partial charge in [-0.05, 0) is 37.8 Å². The molecular formula is C20H20N4O2S. The highest BCUT2D eigenvalue weighted by Crippen LogP contribution is 2.37. The summed E-state index contributed by atoms with van der Waals surface area (Å²) >= 11 is 1.58. The van der Waals surface area contributed by atoms with Crippen LogP contribution in [0.2, 0.25) is 0 Å². The number of aromatic nitrogens is 3. The predicted octanol–water partition coefficient (Wildman–Crippen LogP) is 4.25. The second-order valence-corrected chi connectivity index (χ2v) is 7.56. The van der Waals surface area contributed by atoms with Crippen molar-refractivity contribution in [1.82, 2.24) is 14.8 Å². The van der Waals surface area contributed by atoms with Crippen molar-refractivity contribution < 1.29 is 9.53 Å². The Balaban J connectivity index is 1.84. The standard InChI is InChI=1S/C20H20N4O2S/c1-12(2)26-19(25)16-13(3)21-20-22-18(15-10-7-11-27-15)23-24(20)17(16)14-8-5-4-6-9-14/h4-12,17H,1-3H3,(H,21,22,23). The van der Waals surface area contributed by atoms with Crippen LogP contribution in [0.1, 0.15) is 32.4 Å². The van der Waals surface area contributed by atoms with Crippen molar-refractivity contribution in [3.8, 4) is 10.7 Å². The number of hydrogen-bond donors (Lipinski definition) is 1. The molecule has 0 fully saturated rings. The van der Waals surface area contributed by atoms with Gasteiger partial charge in [0, 0.05) is 5.70 Å². The van der Waals surface area contributed by atoms with Crippen LogP contribution in [0, 0.1) is 0 Å². The van der Waals surface area contributed by atoms with E-state index in [1.165, 1.54) is 0 Å². The monoisotopic (exact) mass is 380 g/mol. The lowest BCUT2D eigenvalue weighted by molar-refractivity contribution is -0.143. The number of rotatable bonds is 4. The van der Waals surface area contributed by atoms with E-state index in [0.29, 0.717) is 17.3 Å². The summed E-state index contributed by atoms with van der Waals surface area (Å²) in [6.45, 7) is 5.56. The fourth-order valence-electron chi connectivity index (χ4n) is 3.15. The molecule has 1 unspecified atom stereocenters. The Kier molecular flexibility index (Phi) is 4.53. The van der Waals surface area contributed by atoms with Crippen molar-refractivity contribution in [2.75, 3.05) is 5.32 Å². The summed E-state index contributed by atoms with van der Waals surface area (Å²) in [5.74, 6) is 0.910. The number of hydrogen-bond acceptors (Lipinski definition) is 6. The smallest absolute Gasteiger partial charge is 0.338 e. The highest BCUT2D eigenvalue weighted by molar-refractivity contribution is 7.13. The number of esters is 1. The third kappa shape index (κ3) is 3.26. The molecule has 0 bridgehead atoms. The van der Waals surface area contributed by atoms with Gasteiger partial charge < -0.3 is 10.1 Å². The molecule has 2 aromatic heterocycles.